The summed E-state index contributed by atoms with van der Waals surface area (Å²) in [7, 11) is 3.29. The summed E-state index contributed by atoms with van der Waals surface area (Å²) in [6.07, 6.45) is 0.347. The molecule has 0 aliphatic rings. The number of aliphatic imine (C=N–C) groups is 1. The zero-order valence-electron chi connectivity index (χ0n) is 16.9. The minimum Gasteiger partial charge on any atom is -0.491 e. The summed E-state index contributed by atoms with van der Waals surface area (Å²) in [5.41, 5.74) is 2.42. The lowest BCUT2D eigenvalue weighted by Gasteiger charge is -2.15. The second-order valence-electron chi connectivity index (χ2n) is 6.27. The van der Waals surface area contributed by atoms with E-state index in [1.807, 2.05) is 25.1 Å². The first-order chi connectivity index (χ1) is 13.5. The molecule has 0 saturated heterocycles. The van der Waals surface area contributed by atoms with Gasteiger partial charge in [0.05, 0.1) is 6.61 Å². The maximum Gasteiger partial charge on any atom is 0.191 e. The summed E-state index contributed by atoms with van der Waals surface area (Å²) in [6, 6.07) is 10.2. The number of benzene rings is 2. The van der Waals surface area contributed by atoms with Gasteiger partial charge in [-0.15, -0.1) is 24.0 Å². The molecule has 0 unspecified atom stereocenters. The molecule has 160 valence electrons. The Labute approximate surface area is 187 Å². The first kappa shape index (κ1) is 25.1. The van der Waals surface area contributed by atoms with Gasteiger partial charge in [-0.2, -0.15) is 0 Å². The van der Waals surface area contributed by atoms with Crippen LogP contribution in [0.1, 0.15) is 16.7 Å². The van der Waals surface area contributed by atoms with E-state index in [2.05, 4.69) is 15.6 Å². The number of hydrogen-bond acceptors (Lipinski definition) is 3. The Morgan fingerprint density at radius 1 is 1.07 bits per heavy atom. The van der Waals surface area contributed by atoms with Crippen LogP contribution in [0.4, 0.5) is 8.78 Å². The maximum absolute atomic E-state index is 13.7. The van der Waals surface area contributed by atoms with E-state index in [1.165, 1.54) is 6.07 Å². The number of rotatable bonds is 9. The van der Waals surface area contributed by atoms with Crippen molar-refractivity contribution in [3.05, 3.63) is 64.7 Å². The van der Waals surface area contributed by atoms with E-state index in [-0.39, 0.29) is 24.0 Å². The maximum atomic E-state index is 13.7. The molecular formula is C21H28F2IN3O2. The lowest BCUT2D eigenvalue weighted by Crippen LogP contribution is -2.38. The molecule has 0 aliphatic heterocycles. The summed E-state index contributed by atoms with van der Waals surface area (Å²) >= 11 is 0. The lowest BCUT2D eigenvalue weighted by atomic mass is 10.1. The summed E-state index contributed by atoms with van der Waals surface area (Å²) < 4.78 is 37.8. The Kier molecular flexibility index (Phi) is 11.5. The fourth-order valence-corrected chi connectivity index (χ4v) is 2.63. The van der Waals surface area contributed by atoms with Crippen molar-refractivity contribution in [2.24, 2.45) is 4.99 Å². The van der Waals surface area contributed by atoms with Gasteiger partial charge in [0.2, 0.25) is 0 Å². The normalized spacial score (nSPS) is 11.0. The van der Waals surface area contributed by atoms with Crippen LogP contribution in [-0.2, 0) is 17.7 Å². The molecule has 0 aromatic heterocycles. The number of nitrogens with one attached hydrogen (secondary N) is 2. The highest BCUT2D eigenvalue weighted by molar-refractivity contribution is 14.0. The molecule has 5 nitrogen and oxygen atoms in total. The van der Waals surface area contributed by atoms with E-state index in [1.54, 1.807) is 20.2 Å². The van der Waals surface area contributed by atoms with Gasteiger partial charge in [-0.05, 0) is 36.6 Å². The van der Waals surface area contributed by atoms with E-state index in [0.717, 1.165) is 22.9 Å². The van der Waals surface area contributed by atoms with Crippen LogP contribution in [0, 0.1) is 18.6 Å². The van der Waals surface area contributed by atoms with Crippen molar-refractivity contribution < 1.29 is 18.3 Å². The van der Waals surface area contributed by atoms with Gasteiger partial charge in [-0.1, -0.05) is 24.3 Å². The average Bonchev–Trinajstić information content (AvgIpc) is 2.69. The zero-order chi connectivity index (χ0) is 20.4. The smallest absolute Gasteiger partial charge is 0.191 e. The minimum atomic E-state index is -0.833. The molecule has 2 aromatic rings. The third kappa shape index (κ3) is 8.14. The predicted octanol–water partition coefficient (Wildman–Crippen LogP) is 3.82. The van der Waals surface area contributed by atoms with Gasteiger partial charge < -0.3 is 20.1 Å². The molecule has 0 atom stereocenters. The molecule has 2 N–H and O–H groups in total. The third-order valence-electron chi connectivity index (χ3n) is 4.16. The van der Waals surface area contributed by atoms with Crippen LogP contribution in [0.3, 0.4) is 0 Å². The second-order valence-corrected chi connectivity index (χ2v) is 6.27. The number of hydrogen-bond donors (Lipinski definition) is 2. The Balaban J connectivity index is 0.00000420. The van der Waals surface area contributed by atoms with Crippen LogP contribution >= 0.6 is 24.0 Å². The van der Waals surface area contributed by atoms with E-state index in [4.69, 9.17) is 9.47 Å². The van der Waals surface area contributed by atoms with Crippen LogP contribution in [0.15, 0.2) is 41.4 Å². The van der Waals surface area contributed by atoms with Crippen molar-refractivity contribution in [3.63, 3.8) is 0 Å². The first-order valence-electron chi connectivity index (χ1n) is 9.13. The summed E-state index contributed by atoms with van der Waals surface area (Å²) in [5, 5.41) is 6.32. The van der Waals surface area contributed by atoms with Gasteiger partial charge in [-0.3, -0.25) is 4.99 Å². The first-order valence-corrected chi connectivity index (χ1v) is 9.13. The molecule has 8 heteroatoms. The van der Waals surface area contributed by atoms with Crippen LogP contribution < -0.4 is 15.4 Å². The van der Waals surface area contributed by atoms with Gasteiger partial charge in [0.1, 0.15) is 12.4 Å². The van der Waals surface area contributed by atoms with Crippen molar-refractivity contribution in [2.45, 2.75) is 19.9 Å². The topological polar surface area (TPSA) is 54.9 Å². The van der Waals surface area contributed by atoms with Crippen LogP contribution in [0.5, 0.6) is 5.75 Å². The van der Waals surface area contributed by atoms with Crippen LogP contribution in [0.2, 0.25) is 0 Å². The fraction of sp³-hybridized carbons (Fsp3) is 0.381. The van der Waals surface area contributed by atoms with Gasteiger partial charge in [-0.25, -0.2) is 8.78 Å². The Morgan fingerprint density at radius 3 is 2.59 bits per heavy atom. The quantitative estimate of drug-likeness (QED) is 0.229. The summed E-state index contributed by atoms with van der Waals surface area (Å²) in [4.78, 5) is 4.16. The zero-order valence-corrected chi connectivity index (χ0v) is 19.3. The average molecular weight is 519 g/mol. The van der Waals surface area contributed by atoms with E-state index < -0.39 is 11.6 Å². The lowest BCUT2D eigenvalue weighted by molar-refractivity contribution is 0.145. The molecule has 0 radical (unpaired) electrons. The highest BCUT2D eigenvalue weighted by atomic mass is 127. The number of halogens is 3. The number of ether oxygens (including phenoxy) is 2. The van der Waals surface area contributed by atoms with Crippen molar-refractivity contribution in [1.82, 2.24) is 10.6 Å². The van der Waals surface area contributed by atoms with Gasteiger partial charge >= 0.3 is 0 Å². The van der Waals surface area contributed by atoms with Crippen LogP contribution in [-0.4, -0.2) is 39.9 Å². The molecular weight excluding hydrogens is 491 g/mol. The molecule has 0 spiro atoms. The van der Waals surface area contributed by atoms with Crippen molar-refractivity contribution in [3.8, 4) is 5.75 Å². The monoisotopic (exact) mass is 519 g/mol. The highest BCUT2D eigenvalue weighted by Crippen LogP contribution is 2.20. The molecule has 0 aliphatic carbocycles. The third-order valence-corrected chi connectivity index (χ3v) is 4.16. The summed E-state index contributed by atoms with van der Waals surface area (Å²) in [6.45, 7) is 3.92. The van der Waals surface area contributed by atoms with Crippen molar-refractivity contribution in [2.75, 3.05) is 33.9 Å². The van der Waals surface area contributed by atoms with Gasteiger partial charge in [0.15, 0.2) is 17.6 Å². The fourth-order valence-electron chi connectivity index (χ4n) is 2.63. The second kappa shape index (κ2) is 13.3. The number of methoxy groups -OCH3 is 1. The SMILES string of the molecule is CN=C(NCCc1cccc(F)c1F)NCc1ccc(C)cc1OCCOC.I. The van der Waals surface area contributed by atoms with Crippen molar-refractivity contribution in [1.29, 1.82) is 0 Å². The number of aryl methyl sites for hydroxylation is 1. The minimum absolute atomic E-state index is 0. The molecule has 0 saturated carbocycles. The predicted molar refractivity (Wildman–Crippen MR) is 122 cm³/mol. The molecule has 2 rings (SSSR count). The Bertz CT molecular complexity index is 803. The highest BCUT2D eigenvalue weighted by Gasteiger charge is 2.08. The summed E-state index contributed by atoms with van der Waals surface area (Å²) in [5.74, 6) is -0.271. The van der Waals surface area contributed by atoms with E-state index in [0.29, 0.717) is 44.2 Å². The Morgan fingerprint density at radius 2 is 1.86 bits per heavy atom. The van der Waals surface area contributed by atoms with Gasteiger partial charge in [0.25, 0.3) is 0 Å². The van der Waals surface area contributed by atoms with Gasteiger partial charge in [0, 0.05) is 32.8 Å². The Hall–Kier alpha value is -1.94. The molecule has 29 heavy (non-hydrogen) atoms. The van der Waals surface area contributed by atoms with E-state index in [9.17, 15) is 8.78 Å². The largest absolute Gasteiger partial charge is 0.491 e. The van der Waals surface area contributed by atoms with Crippen molar-refractivity contribution >= 4 is 29.9 Å². The van der Waals surface area contributed by atoms with Crippen LogP contribution in [0.25, 0.3) is 0 Å². The number of guanidine groups is 1. The molecule has 0 heterocycles. The standard InChI is InChI=1S/C21H27F2N3O2.HI/c1-15-7-8-17(19(13-15)28-12-11-27-3)14-26-21(24-2)25-10-9-16-5-4-6-18(22)20(16)23;/h4-8,13H,9-12,14H2,1-3H3,(H2,24,25,26);1H. The van der Waals surface area contributed by atoms with E-state index >= 15 is 0 Å². The number of nitrogens with zero attached hydrogens (tertiary/aromatic N) is 1. The molecule has 0 fully saturated rings. The molecule has 2 aromatic carbocycles. The molecule has 0 amide bonds. The molecule has 0 bridgehead atoms.